The van der Waals surface area contributed by atoms with Crippen LogP contribution in [0.1, 0.15) is 58.2 Å². The van der Waals surface area contributed by atoms with Gasteiger partial charge in [0.1, 0.15) is 23.9 Å². The van der Waals surface area contributed by atoms with Crippen molar-refractivity contribution in [3.8, 4) is 11.5 Å². The number of amides is 1. The summed E-state index contributed by atoms with van der Waals surface area (Å²) in [7, 11) is 1.67. The predicted molar refractivity (Wildman–Crippen MR) is 130 cm³/mol. The number of carbonyl (C=O) groups is 1. The van der Waals surface area contributed by atoms with Crippen molar-refractivity contribution in [2.75, 3.05) is 26.7 Å². The number of nitrogens with one attached hydrogen (secondary N) is 1. The average molecular weight is 464 g/mol. The van der Waals surface area contributed by atoms with Crippen LogP contribution >= 0.6 is 0 Å². The molecule has 0 spiro atoms. The van der Waals surface area contributed by atoms with Gasteiger partial charge in [-0.1, -0.05) is 29.8 Å². The van der Waals surface area contributed by atoms with Crippen LogP contribution < -0.4 is 14.8 Å². The number of carbonyl (C=O) groups excluding carboxylic acids is 1. The minimum Gasteiger partial charge on any atom is -0.497 e. The zero-order valence-electron chi connectivity index (χ0n) is 20.2. The first-order valence-corrected chi connectivity index (χ1v) is 11.9. The highest BCUT2D eigenvalue weighted by molar-refractivity contribution is 5.94. The lowest BCUT2D eigenvalue weighted by Crippen LogP contribution is -2.40. The monoisotopic (exact) mass is 463 g/mol. The first-order valence-electron chi connectivity index (χ1n) is 11.9. The van der Waals surface area contributed by atoms with E-state index in [0.717, 1.165) is 35.9 Å². The number of hydrogen-bond acceptors (Lipinski definition) is 6. The molecule has 1 amide bonds. The molecule has 3 aromatic rings. The molecule has 1 fully saturated rings. The predicted octanol–water partition coefficient (Wildman–Crippen LogP) is 4.84. The number of aromatic nitrogens is 1. The van der Waals surface area contributed by atoms with Gasteiger partial charge in [0.05, 0.1) is 24.4 Å². The highest BCUT2D eigenvalue weighted by atomic mass is 16.5. The zero-order chi connectivity index (χ0) is 23.9. The summed E-state index contributed by atoms with van der Waals surface area (Å²) in [5, 5.41) is 7.10. The standard InChI is InChI=1S/C27H33N3O4/c1-19-25(20(2)34-29-19)18-33-24-9-7-8-22(16-24)27(31)28-17-26(30-14-5-4-6-15-30)21-10-12-23(32-3)13-11-21/h7-13,16,26H,4-6,14-15,17-18H2,1-3H3,(H,28,31). The number of ether oxygens (including phenoxy) is 2. The van der Waals surface area contributed by atoms with Crippen molar-refractivity contribution in [2.45, 2.75) is 45.8 Å². The Bertz CT molecular complexity index is 1070. The van der Waals surface area contributed by atoms with Gasteiger partial charge in [-0.05, 0) is 75.7 Å². The van der Waals surface area contributed by atoms with Gasteiger partial charge in [-0.25, -0.2) is 0 Å². The molecule has 1 aliphatic rings. The van der Waals surface area contributed by atoms with Crippen LogP contribution in [0.2, 0.25) is 0 Å². The maximum absolute atomic E-state index is 13.0. The summed E-state index contributed by atoms with van der Waals surface area (Å²) in [6.07, 6.45) is 3.63. The Morgan fingerprint density at radius 3 is 2.53 bits per heavy atom. The second-order valence-electron chi connectivity index (χ2n) is 8.71. The smallest absolute Gasteiger partial charge is 0.251 e. The van der Waals surface area contributed by atoms with E-state index >= 15 is 0 Å². The molecule has 2 heterocycles. The molecular formula is C27H33N3O4. The van der Waals surface area contributed by atoms with Gasteiger partial charge < -0.3 is 19.3 Å². The molecule has 1 atom stereocenters. The summed E-state index contributed by atoms with van der Waals surface area (Å²) >= 11 is 0. The first kappa shape index (κ1) is 23.8. The first-order chi connectivity index (χ1) is 16.5. The lowest BCUT2D eigenvalue weighted by Gasteiger charge is -2.35. The van der Waals surface area contributed by atoms with Crippen LogP contribution in [0.5, 0.6) is 11.5 Å². The summed E-state index contributed by atoms with van der Waals surface area (Å²) in [5.41, 5.74) is 3.50. The molecule has 0 bridgehead atoms. The summed E-state index contributed by atoms with van der Waals surface area (Å²) in [4.78, 5) is 15.5. The molecule has 2 aromatic carbocycles. The van der Waals surface area contributed by atoms with Gasteiger partial charge in [0.25, 0.3) is 5.91 Å². The third kappa shape index (κ3) is 5.78. The molecule has 0 radical (unpaired) electrons. The summed E-state index contributed by atoms with van der Waals surface area (Å²) in [5.74, 6) is 2.10. The van der Waals surface area contributed by atoms with Crippen LogP contribution in [0, 0.1) is 13.8 Å². The van der Waals surface area contributed by atoms with E-state index in [2.05, 4.69) is 27.5 Å². The van der Waals surface area contributed by atoms with Gasteiger partial charge in [-0.15, -0.1) is 0 Å². The average Bonchev–Trinajstić information content (AvgIpc) is 3.20. The fourth-order valence-electron chi connectivity index (χ4n) is 4.40. The van der Waals surface area contributed by atoms with E-state index in [9.17, 15) is 4.79 Å². The van der Waals surface area contributed by atoms with E-state index in [1.54, 1.807) is 19.2 Å². The molecule has 1 aliphatic heterocycles. The van der Waals surface area contributed by atoms with E-state index in [0.29, 0.717) is 24.5 Å². The molecule has 4 rings (SSSR count). The van der Waals surface area contributed by atoms with E-state index in [4.69, 9.17) is 14.0 Å². The molecule has 1 saturated heterocycles. The molecule has 1 unspecified atom stereocenters. The number of methoxy groups -OCH3 is 1. The van der Waals surface area contributed by atoms with Crippen LogP contribution in [0.3, 0.4) is 0 Å². The van der Waals surface area contributed by atoms with Gasteiger partial charge in [0, 0.05) is 12.1 Å². The van der Waals surface area contributed by atoms with E-state index in [-0.39, 0.29) is 11.9 Å². The molecule has 0 saturated carbocycles. The van der Waals surface area contributed by atoms with Gasteiger partial charge in [0.2, 0.25) is 0 Å². The third-order valence-electron chi connectivity index (χ3n) is 6.45. The highest BCUT2D eigenvalue weighted by Crippen LogP contribution is 2.26. The number of nitrogens with zero attached hydrogens (tertiary/aromatic N) is 2. The molecule has 1 aromatic heterocycles. The Balaban J connectivity index is 1.42. The van der Waals surface area contributed by atoms with Gasteiger partial charge in [-0.2, -0.15) is 0 Å². The molecular weight excluding hydrogens is 430 g/mol. The molecule has 1 N–H and O–H groups in total. The van der Waals surface area contributed by atoms with Crippen molar-refractivity contribution >= 4 is 5.91 Å². The second-order valence-corrected chi connectivity index (χ2v) is 8.71. The highest BCUT2D eigenvalue weighted by Gasteiger charge is 2.23. The van der Waals surface area contributed by atoms with Gasteiger partial charge in [0.15, 0.2) is 0 Å². The van der Waals surface area contributed by atoms with Crippen molar-refractivity contribution in [3.63, 3.8) is 0 Å². The van der Waals surface area contributed by atoms with Gasteiger partial charge in [-0.3, -0.25) is 9.69 Å². The Hall–Kier alpha value is -3.32. The molecule has 0 aliphatic carbocycles. The molecule has 180 valence electrons. The van der Waals surface area contributed by atoms with Crippen molar-refractivity contribution in [2.24, 2.45) is 0 Å². The maximum Gasteiger partial charge on any atom is 0.251 e. The van der Waals surface area contributed by atoms with Crippen LogP contribution in [-0.2, 0) is 6.61 Å². The summed E-state index contributed by atoms with van der Waals surface area (Å²) in [6.45, 7) is 6.72. The second kappa shape index (κ2) is 11.2. The summed E-state index contributed by atoms with van der Waals surface area (Å²) < 4.78 is 16.4. The van der Waals surface area contributed by atoms with Crippen molar-refractivity contribution < 1.29 is 18.8 Å². The van der Waals surface area contributed by atoms with Crippen LogP contribution in [-0.4, -0.2) is 42.7 Å². The number of benzene rings is 2. The number of rotatable bonds is 9. The minimum absolute atomic E-state index is 0.113. The number of likely N-dealkylation sites (tertiary alicyclic amines) is 1. The quantitative estimate of drug-likeness (QED) is 0.490. The lowest BCUT2D eigenvalue weighted by atomic mass is 10.0. The SMILES string of the molecule is COc1ccc(C(CNC(=O)c2cccc(OCc3c(C)noc3C)c2)N2CCCCC2)cc1. The van der Waals surface area contributed by atoms with Crippen molar-refractivity contribution in [1.29, 1.82) is 0 Å². The molecule has 7 heteroatoms. The van der Waals surface area contributed by atoms with E-state index < -0.39 is 0 Å². The van der Waals surface area contributed by atoms with Crippen molar-refractivity contribution in [3.05, 3.63) is 76.7 Å². The van der Waals surface area contributed by atoms with E-state index in [1.807, 2.05) is 38.1 Å². The van der Waals surface area contributed by atoms with Crippen LogP contribution in [0.25, 0.3) is 0 Å². The Morgan fingerprint density at radius 2 is 1.85 bits per heavy atom. The number of piperidine rings is 1. The Morgan fingerprint density at radius 1 is 1.09 bits per heavy atom. The lowest BCUT2D eigenvalue weighted by molar-refractivity contribution is 0.0924. The number of hydrogen-bond donors (Lipinski definition) is 1. The Labute approximate surface area is 201 Å². The normalized spacial score (nSPS) is 15.0. The van der Waals surface area contributed by atoms with E-state index in [1.165, 1.54) is 24.8 Å². The topological polar surface area (TPSA) is 76.8 Å². The van der Waals surface area contributed by atoms with Gasteiger partial charge >= 0.3 is 0 Å². The maximum atomic E-state index is 13.0. The molecule has 7 nitrogen and oxygen atoms in total. The fourth-order valence-corrected chi connectivity index (χ4v) is 4.40. The Kier molecular flexibility index (Phi) is 7.85. The fraction of sp³-hybridized carbons (Fsp3) is 0.407. The third-order valence-corrected chi connectivity index (χ3v) is 6.45. The van der Waals surface area contributed by atoms with Crippen molar-refractivity contribution in [1.82, 2.24) is 15.4 Å². The largest absolute Gasteiger partial charge is 0.497 e. The van der Waals surface area contributed by atoms with Crippen LogP contribution in [0.4, 0.5) is 0 Å². The minimum atomic E-state index is -0.113. The number of aryl methyl sites for hydroxylation is 2. The molecule has 34 heavy (non-hydrogen) atoms. The summed E-state index contributed by atoms with van der Waals surface area (Å²) in [6, 6.07) is 15.5. The zero-order valence-corrected chi connectivity index (χ0v) is 20.2. The van der Waals surface area contributed by atoms with Crippen LogP contribution in [0.15, 0.2) is 53.1 Å².